The average Bonchev–Trinajstić information content (AvgIpc) is 3.13. The number of ether oxygens (including phenoxy) is 1. The lowest BCUT2D eigenvalue weighted by atomic mass is 10.0. The molecule has 0 aliphatic carbocycles. The number of rotatable bonds is 7. The molecule has 7 nitrogen and oxygen atoms in total. The van der Waals surface area contributed by atoms with E-state index >= 15 is 0 Å². The smallest absolute Gasteiger partial charge is 0.340 e. The van der Waals surface area contributed by atoms with Crippen LogP contribution >= 0.6 is 0 Å². The van der Waals surface area contributed by atoms with Crippen LogP contribution in [0.3, 0.4) is 0 Å². The standard InChI is InChI=1S/C24H21NO6S2/c1-24(23(26)31-22(25-24)18-11-5-2-6-12-18)17-21(32(27,28)19-13-7-3-8-14-19)33(29,30)20-15-9-4-10-16-20/h2-16,21H,17H2,1H3/t24-/m1/s1. The molecule has 3 aromatic carbocycles. The van der Waals surface area contributed by atoms with E-state index in [1.807, 2.05) is 0 Å². The normalized spacial score (nSPS) is 18.7. The van der Waals surface area contributed by atoms with Crippen LogP contribution in [0.15, 0.2) is 106 Å². The monoisotopic (exact) mass is 483 g/mol. The van der Waals surface area contributed by atoms with Crippen molar-refractivity contribution in [3.8, 4) is 0 Å². The molecule has 170 valence electrons. The van der Waals surface area contributed by atoms with Crippen LogP contribution in [-0.4, -0.2) is 38.8 Å². The van der Waals surface area contributed by atoms with Gasteiger partial charge in [-0.25, -0.2) is 26.6 Å². The van der Waals surface area contributed by atoms with Gasteiger partial charge >= 0.3 is 5.97 Å². The molecule has 1 aliphatic heterocycles. The van der Waals surface area contributed by atoms with Crippen molar-refractivity contribution in [3.05, 3.63) is 96.6 Å². The number of esters is 1. The highest BCUT2D eigenvalue weighted by molar-refractivity contribution is 8.09. The van der Waals surface area contributed by atoms with Crippen LogP contribution in [0, 0.1) is 0 Å². The molecule has 0 N–H and O–H groups in total. The second-order valence-corrected chi connectivity index (χ2v) is 12.4. The number of aliphatic imine (C=N–C) groups is 1. The number of carbonyl (C=O) groups excluding carboxylic acids is 1. The minimum atomic E-state index is -4.40. The summed E-state index contributed by atoms with van der Waals surface area (Å²) in [6, 6.07) is 23.3. The maximum atomic E-state index is 13.6. The van der Waals surface area contributed by atoms with Crippen molar-refractivity contribution in [3.63, 3.8) is 0 Å². The molecule has 9 heteroatoms. The molecule has 0 spiro atoms. The van der Waals surface area contributed by atoms with E-state index in [0.717, 1.165) is 0 Å². The summed E-state index contributed by atoms with van der Waals surface area (Å²) in [6.07, 6.45) is -0.601. The van der Waals surface area contributed by atoms with Crippen LogP contribution in [0.4, 0.5) is 0 Å². The van der Waals surface area contributed by atoms with Crippen molar-refractivity contribution in [2.45, 2.75) is 33.3 Å². The quantitative estimate of drug-likeness (QED) is 0.477. The number of hydrogen-bond acceptors (Lipinski definition) is 7. The fourth-order valence-electron chi connectivity index (χ4n) is 3.56. The van der Waals surface area contributed by atoms with E-state index in [0.29, 0.717) is 5.56 Å². The number of carbonyl (C=O) groups is 1. The van der Waals surface area contributed by atoms with Crippen LogP contribution in [0.5, 0.6) is 0 Å². The number of nitrogens with zero attached hydrogens (tertiary/aromatic N) is 1. The maximum Gasteiger partial charge on any atom is 0.340 e. The maximum absolute atomic E-state index is 13.6. The first kappa shape index (κ1) is 22.9. The van der Waals surface area contributed by atoms with Gasteiger partial charge in [0.15, 0.2) is 29.8 Å². The number of cyclic esters (lactones) is 1. The van der Waals surface area contributed by atoms with Gasteiger partial charge < -0.3 is 4.74 Å². The first-order valence-corrected chi connectivity index (χ1v) is 13.2. The van der Waals surface area contributed by atoms with Gasteiger partial charge in [-0.3, -0.25) is 0 Å². The van der Waals surface area contributed by atoms with Gasteiger partial charge in [0.25, 0.3) is 0 Å². The SMILES string of the molecule is C[C@]1(CC(S(=O)(=O)c2ccccc2)S(=O)(=O)c2ccccc2)N=C(c2ccccc2)OC1=O. The molecule has 0 radical (unpaired) electrons. The lowest BCUT2D eigenvalue weighted by Gasteiger charge is -2.24. The van der Waals surface area contributed by atoms with Gasteiger partial charge in [-0.2, -0.15) is 0 Å². The Bertz CT molecular complexity index is 1330. The summed E-state index contributed by atoms with van der Waals surface area (Å²) < 4.78 is 57.6. The Morgan fingerprint density at radius 2 is 1.18 bits per heavy atom. The van der Waals surface area contributed by atoms with Crippen molar-refractivity contribution in [1.82, 2.24) is 0 Å². The molecule has 3 aromatic rings. The Kier molecular flexibility index (Phi) is 5.94. The van der Waals surface area contributed by atoms with Crippen LogP contribution in [0.1, 0.15) is 18.9 Å². The molecule has 0 fully saturated rings. The Morgan fingerprint density at radius 3 is 1.64 bits per heavy atom. The molecular weight excluding hydrogens is 462 g/mol. The summed E-state index contributed by atoms with van der Waals surface area (Å²) in [5, 5.41) is 0. The molecular formula is C24H21NO6S2. The van der Waals surface area contributed by atoms with E-state index in [1.54, 1.807) is 42.5 Å². The third kappa shape index (κ3) is 4.34. The van der Waals surface area contributed by atoms with Crippen molar-refractivity contribution in [1.29, 1.82) is 0 Å². The van der Waals surface area contributed by atoms with Crippen LogP contribution in [-0.2, 0) is 29.2 Å². The fourth-order valence-corrected chi connectivity index (χ4v) is 8.33. The zero-order valence-electron chi connectivity index (χ0n) is 17.7. The summed E-state index contributed by atoms with van der Waals surface area (Å²) in [4.78, 5) is 16.8. The molecule has 0 bridgehead atoms. The minimum Gasteiger partial charge on any atom is -0.405 e. The van der Waals surface area contributed by atoms with Gasteiger partial charge in [0.2, 0.25) is 5.90 Å². The first-order chi connectivity index (χ1) is 15.6. The van der Waals surface area contributed by atoms with Crippen LogP contribution in [0.25, 0.3) is 0 Å². The third-order valence-corrected chi connectivity index (χ3v) is 10.5. The Labute approximate surface area is 192 Å². The van der Waals surface area contributed by atoms with Crippen molar-refractivity contribution >= 4 is 31.5 Å². The van der Waals surface area contributed by atoms with Crippen LogP contribution in [0.2, 0.25) is 0 Å². The lowest BCUT2D eigenvalue weighted by Crippen LogP contribution is -2.41. The van der Waals surface area contributed by atoms with Gasteiger partial charge in [0.05, 0.1) is 9.79 Å². The Hall–Kier alpha value is -3.30. The predicted molar refractivity (Wildman–Crippen MR) is 123 cm³/mol. The molecule has 1 heterocycles. The van der Waals surface area contributed by atoms with Crippen molar-refractivity contribution < 1.29 is 26.4 Å². The highest BCUT2D eigenvalue weighted by atomic mass is 32.3. The molecule has 0 amide bonds. The molecule has 1 atom stereocenters. The summed E-state index contributed by atoms with van der Waals surface area (Å²) in [5.41, 5.74) is -1.18. The van der Waals surface area contributed by atoms with Gasteiger partial charge in [0, 0.05) is 12.0 Å². The molecule has 0 aromatic heterocycles. The van der Waals surface area contributed by atoms with Gasteiger partial charge in [-0.15, -0.1) is 0 Å². The second kappa shape index (κ2) is 8.57. The van der Waals surface area contributed by atoms with E-state index in [2.05, 4.69) is 4.99 Å². The number of hydrogen-bond donors (Lipinski definition) is 0. The summed E-state index contributed by atoms with van der Waals surface area (Å²) >= 11 is 0. The molecule has 1 aliphatic rings. The number of benzene rings is 3. The molecule has 0 unspecified atom stereocenters. The van der Waals surface area contributed by atoms with Crippen molar-refractivity contribution in [2.75, 3.05) is 0 Å². The van der Waals surface area contributed by atoms with E-state index in [4.69, 9.17) is 4.74 Å². The van der Waals surface area contributed by atoms with E-state index in [1.165, 1.54) is 55.5 Å². The van der Waals surface area contributed by atoms with Gasteiger partial charge in [0.1, 0.15) is 0 Å². The van der Waals surface area contributed by atoms with Gasteiger partial charge in [-0.05, 0) is 43.3 Å². The zero-order valence-corrected chi connectivity index (χ0v) is 19.3. The molecule has 33 heavy (non-hydrogen) atoms. The van der Waals surface area contributed by atoms with E-state index in [9.17, 15) is 21.6 Å². The lowest BCUT2D eigenvalue weighted by molar-refractivity contribution is -0.138. The number of sulfone groups is 2. The largest absolute Gasteiger partial charge is 0.405 e. The summed E-state index contributed by atoms with van der Waals surface area (Å²) in [7, 11) is -8.81. The molecule has 0 saturated carbocycles. The first-order valence-electron chi connectivity index (χ1n) is 10.1. The van der Waals surface area contributed by atoms with Crippen LogP contribution < -0.4 is 0 Å². The molecule has 4 rings (SSSR count). The third-order valence-electron chi connectivity index (χ3n) is 5.40. The van der Waals surface area contributed by atoms with Gasteiger partial charge in [-0.1, -0.05) is 54.6 Å². The average molecular weight is 484 g/mol. The zero-order chi connectivity index (χ0) is 23.7. The topological polar surface area (TPSA) is 107 Å². The Morgan fingerprint density at radius 1 is 0.758 bits per heavy atom. The predicted octanol–water partition coefficient (Wildman–Crippen LogP) is 3.41. The van der Waals surface area contributed by atoms with E-state index in [-0.39, 0.29) is 15.7 Å². The fraction of sp³-hybridized carbons (Fsp3) is 0.167. The second-order valence-electron chi connectivity index (χ2n) is 7.80. The summed E-state index contributed by atoms with van der Waals surface area (Å²) in [6.45, 7) is 1.39. The van der Waals surface area contributed by atoms with Crippen molar-refractivity contribution in [2.24, 2.45) is 4.99 Å². The summed E-state index contributed by atoms with van der Waals surface area (Å²) in [5.74, 6) is -0.783. The van der Waals surface area contributed by atoms with E-state index < -0.39 is 42.2 Å². The highest BCUT2D eigenvalue weighted by Crippen LogP contribution is 2.36. The highest BCUT2D eigenvalue weighted by Gasteiger charge is 2.51. The minimum absolute atomic E-state index is 0.0241. The molecule has 0 saturated heterocycles. The Balaban J connectivity index is 1.83.